The molecule has 2 heteroatoms. The Morgan fingerprint density at radius 3 is 2.91 bits per heavy atom. The lowest BCUT2D eigenvalue weighted by Gasteiger charge is -2.17. The van der Waals surface area contributed by atoms with Gasteiger partial charge >= 0.3 is 0 Å². The van der Waals surface area contributed by atoms with Crippen molar-refractivity contribution in [1.82, 2.24) is 5.32 Å². The van der Waals surface area contributed by atoms with Gasteiger partial charge in [0.05, 0.1) is 12.6 Å². The highest BCUT2D eigenvalue weighted by Gasteiger charge is 2.09. The highest BCUT2D eigenvalue weighted by atomic mass is 16.3. The molecule has 0 aromatic heterocycles. The van der Waals surface area contributed by atoms with Gasteiger partial charge in [-0.2, -0.15) is 0 Å². The number of aliphatic hydroxyl groups is 1. The Bertz CT molecular complexity index is 168. The third-order valence-electron chi connectivity index (χ3n) is 2.01. The summed E-state index contributed by atoms with van der Waals surface area (Å²) in [7, 11) is 1.88. The van der Waals surface area contributed by atoms with Gasteiger partial charge in [0.1, 0.15) is 0 Å². The van der Waals surface area contributed by atoms with Gasteiger partial charge in [-0.1, -0.05) is 23.8 Å². The smallest absolute Gasteiger partial charge is 0.0623 e. The van der Waals surface area contributed by atoms with E-state index in [4.69, 9.17) is 5.11 Å². The van der Waals surface area contributed by atoms with E-state index in [1.807, 2.05) is 7.05 Å². The van der Waals surface area contributed by atoms with Crippen LogP contribution in [-0.2, 0) is 0 Å². The summed E-state index contributed by atoms with van der Waals surface area (Å²) in [6, 6.07) is 0.153. The summed E-state index contributed by atoms with van der Waals surface area (Å²) in [4.78, 5) is 0. The van der Waals surface area contributed by atoms with Gasteiger partial charge < -0.3 is 10.4 Å². The lowest BCUT2D eigenvalue weighted by molar-refractivity contribution is 0.263. The molecule has 0 fully saturated rings. The molecule has 0 saturated heterocycles. The minimum Gasteiger partial charge on any atom is -0.394 e. The van der Waals surface area contributed by atoms with Crippen LogP contribution in [0.4, 0.5) is 0 Å². The van der Waals surface area contributed by atoms with E-state index in [2.05, 4.69) is 23.5 Å². The standard InChI is InChI=1S/C9H15NO/c1-10-9(7-11)8-5-3-2-4-6-8/h2-3,6,9-11H,4-5,7H2,1H3. The maximum absolute atomic E-state index is 8.95. The van der Waals surface area contributed by atoms with Crippen LogP contribution in [0.5, 0.6) is 0 Å². The van der Waals surface area contributed by atoms with Gasteiger partial charge in [0, 0.05) is 0 Å². The molecular weight excluding hydrogens is 138 g/mol. The first-order valence-corrected chi connectivity index (χ1v) is 4.00. The minimum absolute atomic E-state index is 0.153. The monoisotopic (exact) mass is 153 g/mol. The second-order valence-electron chi connectivity index (χ2n) is 2.71. The summed E-state index contributed by atoms with van der Waals surface area (Å²) in [5.41, 5.74) is 1.30. The van der Waals surface area contributed by atoms with Gasteiger partial charge in [-0.05, 0) is 19.9 Å². The highest BCUT2D eigenvalue weighted by molar-refractivity contribution is 5.20. The summed E-state index contributed by atoms with van der Waals surface area (Å²) in [6.07, 6.45) is 8.46. The van der Waals surface area contributed by atoms with E-state index in [1.54, 1.807) is 0 Å². The molecule has 0 heterocycles. The Hall–Kier alpha value is -0.600. The molecule has 11 heavy (non-hydrogen) atoms. The molecule has 0 aromatic rings. The molecule has 0 spiro atoms. The molecule has 1 unspecified atom stereocenters. The van der Waals surface area contributed by atoms with E-state index in [-0.39, 0.29) is 12.6 Å². The fraction of sp³-hybridized carbons (Fsp3) is 0.556. The van der Waals surface area contributed by atoms with Gasteiger partial charge in [-0.15, -0.1) is 0 Å². The van der Waals surface area contributed by atoms with Crippen LogP contribution in [0, 0.1) is 0 Å². The average molecular weight is 153 g/mol. The second-order valence-corrected chi connectivity index (χ2v) is 2.71. The summed E-state index contributed by atoms with van der Waals surface area (Å²) in [5.74, 6) is 0. The van der Waals surface area contributed by atoms with Crippen molar-refractivity contribution in [3.05, 3.63) is 23.8 Å². The van der Waals surface area contributed by atoms with Crippen molar-refractivity contribution in [3.8, 4) is 0 Å². The van der Waals surface area contributed by atoms with Gasteiger partial charge in [0.15, 0.2) is 0 Å². The number of likely N-dealkylation sites (N-methyl/N-ethyl adjacent to an activating group) is 1. The molecule has 1 rings (SSSR count). The van der Waals surface area contributed by atoms with E-state index >= 15 is 0 Å². The average Bonchev–Trinajstić information content (AvgIpc) is 2.09. The van der Waals surface area contributed by atoms with Crippen LogP contribution in [0.25, 0.3) is 0 Å². The molecule has 0 saturated carbocycles. The number of nitrogens with one attached hydrogen (secondary N) is 1. The number of hydrogen-bond donors (Lipinski definition) is 2. The predicted octanol–water partition coefficient (Wildman–Crippen LogP) is 0.843. The van der Waals surface area contributed by atoms with Crippen molar-refractivity contribution < 1.29 is 5.11 Å². The zero-order valence-electron chi connectivity index (χ0n) is 6.88. The van der Waals surface area contributed by atoms with E-state index in [0.717, 1.165) is 12.8 Å². The first-order valence-electron chi connectivity index (χ1n) is 4.00. The maximum atomic E-state index is 8.95. The molecule has 1 aliphatic rings. The summed E-state index contributed by atoms with van der Waals surface area (Å²) < 4.78 is 0. The summed E-state index contributed by atoms with van der Waals surface area (Å²) >= 11 is 0. The number of allylic oxidation sites excluding steroid dienone is 3. The number of aliphatic hydroxyl groups excluding tert-OH is 1. The summed E-state index contributed by atoms with van der Waals surface area (Å²) in [6.45, 7) is 0.191. The third kappa shape index (κ3) is 2.17. The molecule has 0 radical (unpaired) electrons. The topological polar surface area (TPSA) is 32.3 Å². The first kappa shape index (κ1) is 8.50. The van der Waals surface area contributed by atoms with E-state index in [1.165, 1.54) is 5.57 Å². The third-order valence-corrected chi connectivity index (χ3v) is 2.01. The number of hydrogen-bond acceptors (Lipinski definition) is 2. The molecule has 2 N–H and O–H groups in total. The van der Waals surface area contributed by atoms with Crippen LogP contribution in [-0.4, -0.2) is 24.8 Å². The van der Waals surface area contributed by atoms with Crippen LogP contribution in [0.2, 0.25) is 0 Å². The molecule has 0 aromatic carbocycles. The Kier molecular flexibility index (Phi) is 3.33. The van der Waals surface area contributed by atoms with Gasteiger partial charge in [0.2, 0.25) is 0 Å². The molecule has 62 valence electrons. The van der Waals surface area contributed by atoms with Crippen LogP contribution in [0.3, 0.4) is 0 Å². The highest BCUT2D eigenvalue weighted by Crippen LogP contribution is 2.14. The van der Waals surface area contributed by atoms with Crippen molar-refractivity contribution in [2.75, 3.05) is 13.7 Å². The van der Waals surface area contributed by atoms with E-state index in [9.17, 15) is 0 Å². The Morgan fingerprint density at radius 2 is 2.45 bits per heavy atom. The lowest BCUT2D eigenvalue weighted by atomic mass is 9.99. The molecule has 1 atom stereocenters. The largest absolute Gasteiger partial charge is 0.394 e. The molecule has 2 nitrogen and oxygen atoms in total. The molecular formula is C9H15NO. The van der Waals surface area contributed by atoms with Crippen LogP contribution < -0.4 is 5.32 Å². The molecule has 0 aliphatic heterocycles. The molecule has 1 aliphatic carbocycles. The van der Waals surface area contributed by atoms with Crippen LogP contribution in [0.15, 0.2) is 23.8 Å². The maximum Gasteiger partial charge on any atom is 0.0623 e. The fourth-order valence-corrected chi connectivity index (χ4v) is 1.30. The van der Waals surface area contributed by atoms with Crippen LogP contribution >= 0.6 is 0 Å². The van der Waals surface area contributed by atoms with Crippen molar-refractivity contribution in [2.45, 2.75) is 18.9 Å². The zero-order valence-corrected chi connectivity index (χ0v) is 6.88. The second kappa shape index (κ2) is 4.31. The Labute approximate surface area is 67.6 Å². The zero-order chi connectivity index (χ0) is 8.10. The predicted molar refractivity (Wildman–Crippen MR) is 46.4 cm³/mol. The Balaban J connectivity index is 2.50. The van der Waals surface area contributed by atoms with Crippen molar-refractivity contribution in [2.24, 2.45) is 0 Å². The van der Waals surface area contributed by atoms with Crippen molar-refractivity contribution in [1.29, 1.82) is 0 Å². The summed E-state index contributed by atoms with van der Waals surface area (Å²) in [5, 5.41) is 12.0. The fourth-order valence-electron chi connectivity index (χ4n) is 1.30. The van der Waals surface area contributed by atoms with Crippen molar-refractivity contribution in [3.63, 3.8) is 0 Å². The lowest BCUT2D eigenvalue weighted by Crippen LogP contribution is -2.31. The molecule has 0 amide bonds. The minimum atomic E-state index is 0.153. The van der Waals surface area contributed by atoms with Gasteiger partial charge in [-0.25, -0.2) is 0 Å². The van der Waals surface area contributed by atoms with E-state index in [0.29, 0.717) is 0 Å². The normalized spacial score (nSPS) is 19.6. The van der Waals surface area contributed by atoms with E-state index < -0.39 is 0 Å². The van der Waals surface area contributed by atoms with Crippen LogP contribution in [0.1, 0.15) is 12.8 Å². The first-order chi connectivity index (χ1) is 5.38. The Morgan fingerprint density at radius 1 is 1.64 bits per heavy atom. The van der Waals surface area contributed by atoms with Gasteiger partial charge in [-0.3, -0.25) is 0 Å². The van der Waals surface area contributed by atoms with Gasteiger partial charge in [0.25, 0.3) is 0 Å². The van der Waals surface area contributed by atoms with Crippen molar-refractivity contribution >= 4 is 0 Å². The molecule has 0 bridgehead atoms. The number of rotatable bonds is 3. The SMILES string of the molecule is CNC(CO)C1=CCC=CC1. The quantitative estimate of drug-likeness (QED) is 0.589.